The highest BCUT2D eigenvalue weighted by atomic mass is 19.4. The zero-order valence-electron chi connectivity index (χ0n) is 20.8. The second-order valence-electron chi connectivity index (χ2n) is 9.05. The quantitative estimate of drug-likeness (QED) is 0.309. The lowest BCUT2D eigenvalue weighted by Crippen LogP contribution is -2.46. The second-order valence-corrected chi connectivity index (χ2v) is 9.05. The number of fused-ring (bicyclic) bond motifs is 1. The van der Waals surface area contributed by atoms with Gasteiger partial charge in [0.05, 0.1) is 18.1 Å². The molecule has 0 saturated carbocycles. The van der Waals surface area contributed by atoms with Gasteiger partial charge in [0.1, 0.15) is 28.6 Å². The lowest BCUT2D eigenvalue weighted by atomic mass is 10.1. The van der Waals surface area contributed by atoms with Crippen LogP contribution in [0.15, 0.2) is 69.9 Å². The smallest absolute Gasteiger partial charge is 0.453 e. The number of alkyl halides is 3. The van der Waals surface area contributed by atoms with Crippen LogP contribution in [-0.4, -0.2) is 43.3 Å². The fraction of sp³-hybridized carbons (Fsp3) is 0.250. The topological polar surface area (TPSA) is 75.4 Å². The molecule has 0 unspecified atom stereocenters. The maximum Gasteiger partial charge on any atom is 0.453 e. The summed E-state index contributed by atoms with van der Waals surface area (Å²) in [6.07, 6.45) is -5.05. The van der Waals surface area contributed by atoms with Crippen molar-refractivity contribution in [2.45, 2.75) is 12.7 Å². The summed E-state index contributed by atoms with van der Waals surface area (Å²) in [6, 6.07) is 14.4. The maximum atomic E-state index is 14.1. The first-order valence-corrected chi connectivity index (χ1v) is 12.1. The summed E-state index contributed by atoms with van der Waals surface area (Å²) >= 11 is 0. The van der Waals surface area contributed by atoms with Crippen LogP contribution >= 0.6 is 0 Å². The summed E-state index contributed by atoms with van der Waals surface area (Å²) in [7, 11) is 1.39. The molecule has 1 aliphatic rings. The van der Waals surface area contributed by atoms with Crippen LogP contribution in [-0.2, 0) is 12.7 Å². The Morgan fingerprint density at radius 3 is 2.33 bits per heavy atom. The molecular weight excluding hydrogens is 520 g/mol. The van der Waals surface area contributed by atoms with Crippen LogP contribution in [0.25, 0.3) is 11.0 Å². The number of nitrogens with zero attached hydrogens (tertiary/aromatic N) is 2. The highest BCUT2D eigenvalue weighted by Crippen LogP contribution is 2.40. The maximum absolute atomic E-state index is 14.1. The van der Waals surface area contributed by atoms with E-state index in [-0.39, 0.29) is 40.4 Å². The van der Waals surface area contributed by atoms with Crippen molar-refractivity contribution in [2.24, 2.45) is 0 Å². The van der Waals surface area contributed by atoms with Gasteiger partial charge in [0.2, 0.25) is 11.2 Å². The van der Waals surface area contributed by atoms with Crippen molar-refractivity contribution in [1.29, 1.82) is 0 Å². The van der Waals surface area contributed by atoms with E-state index in [4.69, 9.17) is 13.9 Å². The Morgan fingerprint density at radius 2 is 1.67 bits per heavy atom. The number of halogens is 4. The molecule has 0 radical (unpaired) electrons. The predicted molar refractivity (Wildman–Crippen MR) is 136 cm³/mol. The van der Waals surface area contributed by atoms with Gasteiger partial charge in [-0.25, -0.2) is 4.39 Å². The Labute approximate surface area is 220 Å². The fourth-order valence-electron chi connectivity index (χ4n) is 4.54. The molecule has 0 spiro atoms. The van der Waals surface area contributed by atoms with Crippen molar-refractivity contribution in [3.63, 3.8) is 0 Å². The average Bonchev–Trinajstić information content (AvgIpc) is 2.92. The number of hydrogen-bond donors (Lipinski definition) is 1. The molecule has 7 nitrogen and oxygen atoms in total. The van der Waals surface area contributed by atoms with Crippen LogP contribution in [0, 0.1) is 5.82 Å². The van der Waals surface area contributed by atoms with Gasteiger partial charge >= 0.3 is 6.18 Å². The zero-order valence-corrected chi connectivity index (χ0v) is 20.8. The van der Waals surface area contributed by atoms with E-state index in [9.17, 15) is 27.5 Å². The number of phenols is 1. The van der Waals surface area contributed by atoms with Gasteiger partial charge in [-0.05, 0) is 48.5 Å². The Bertz CT molecular complexity index is 1550. The highest BCUT2D eigenvalue weighted by Gasteiger charge is 2.41. The lowest BCUT2D eigenvalue weighted by molar-refractivity contribution is -0.154. The molecule has 39 heavy (non-hydrogen) atoms. The summed E-state index contributed by atoms with van der Waals surface area (Å²) in [6.45, 7) is 2.23. The first kappa shape index (κ1) is 26.4. The van der Waals surface area contributed by atoms with Crippen LogP contribution in [0.3, 0.4) is 0 Å². The number of methoxy groups -OCH3 is 1. The molecule has 2 heterocycles. The Kier molecular flexibility index (Phi) is 7.09. The average molecular weight is 545 g/mol. The van der Waals surface area contributed by atoms with Crippen LogP contribution in [0.5, 0.6) is 23.0 Å². The lowest BCUT2D eigenvalue weighted by Gasteiger charge is -2.36. The number of rotatable bonds is 6. The van der Waals surface area contributed by atoms with Crippen LogP contribution in [0.4, 0.5) is 23.2 Å². The normalized spacial score (nSPS) is 14.5. The number of phenolic OH excluding ortho intramolecular Hbond substituents is 1. The van der Waals surface area contributed by atoms with Crippen molar-refractivity contribution in [1.82, 2.24) is 4.90 Å². The van der Waals surface area contributed by atoms with Gasteiger partial charge in [-0.15, -0.1) is 0 Å². The summed E-state index contributed by atoms with van der Waals surface area (Å²) in [5.41, 5.74) is -0.452. The summed E-state index contributed by atoms with van der Waals surface area (Å²) in [4.78, 5) is 17.3. The Hall–Kier alpha value is -4.25. The number of benzene rings is 3. The summed E-state index contributed by atoms with van der Waals surface area (Å²) in [5.74, 6) is -2.94. The van der Waals surface area contributed by atoms with Gasteiger partial charge in [-0.1, -0.05) is 6.07 Å². The monoisotopic (exact) mass is 544 g/mol. The van der Waals surface area contributed by atoms with E-state index >= 15 is 0 Å². The van der Waals surface area contributed by atoms with E-state index in [2.05, 4.69) is 4.90 Å². The molecule has 3 aromatic carbocycles. The molecule has 4 aromatic rings. The zero-order chi connectivity index (χ0) is 27.7. The molecule has 204 valence electrons. The van der Waals surface area contributed by atoms with Crippen molar-refractivity contribution >= 4 is 16.7 Å². The van der Waals surface area contributed by atoms with Crippen molar-refractivity contribution < 1.29 is 36.6 Å². The standard InChI is InChI=1S/C28H24F4N2O5/c1-37-19-3-2-4-20(15-19)38-26-24(36)21-9-10-23(35)22(25(21)39-27(26)28(30,31)32)16-33-11-13-34(14-12-33)18-7-5-17(29)6-8-18/h2-10,15,35H,11-14,16H2,1H3. The van der Waals surface area contributed by atoms with Crippen molar-refractivity contribution in [3.8, 4) is 23.0 Å². The van der Waals surface area contributed by atoms with Gasteiger partial charge < -0.3 is 23.9 Å². The predicted octanol–water partition coefficient (Wildman–Crippen LogP) is 5.78. The van der Waals surface area contributed by atoms with E-state index < -0.39 is 23.1 Å². The number of piperazine rings is 1. The molecule has 0 bridgehead atoms. The van der Waals surface area contributed by atoms with Gasteiger partial charge in [0, 0.05) is 44.5 Å². The molecule has 1 aliphatic heterocycles. The molecule has 1 saturated heterocycles. The molecule has 1 N–H and O–H groups in total. The van der Waals surface area contributed by atoms with E-state index in [1.807, 2.05) is 4.90 Å². The van der Waals surface area contributed by atoms with Gasteiger partial charge in [-0.3, -0.25) is 9.69 Å². The molecule has 0 aliphatic carbocycles. The van der Waals surface area contributed by atoms with Gasteiger partial charge in [0.25, 0.3) is 5.76 Å². The first-order chi connectivity index (χ1) is 18.6. The third-order valence-corrected chi connectivity index (χ3v) is 6.56. The number of ether oxygens (including phenoxy) is 2. The van der Waals surface area contributed by atoms with Crippen LogP contribution in [0.1, 0.15) is 11.3 Å². The third-order valence-electron chi connectivity index (χ3n) is 6.56. The van der Waals surface area contributed by atoms with Crippen molar-refractivity contribution in [2.75, 3.05) is 38.2 Å². The largest absolute Gasteiger partial charge is 0.507 e. The Morgan fingerprint density at radius 1 is 0.974 bits per heavy atom. The molecule has 0 atom stereocenters. The Balaban J connectivity index is 1.47. The van der Waals surface area contributed by atoms with Gasteiger partial charge in [-0.2, -0.15) is 13.2 Å². The number of aromatic hydroxyl groups is 1. The number of anilines is 1. The summed E-state index contributed by atoms with van der Waals surface area (Å²) in [5, 5.41) is 10.4. The van der Waals surface area contributed by atoms with Crippen LogP contribution in [0.2, 0.25) is 0 Å². The first-order valence-electron chi connectivity index (χ1n) is 12.1. The van der Waals surface area contributed by atoms with E-state index in [0.717, 1.165) is 5.69 Å². The van der Waals surface area contributed by atoms with E-state index in [0.29, 0.717) is 31.9 Å². The minimum absolute atomic E-state index is 0.0375. The number of hydrogen-bond acceptors (Lipinski definition) is 7. The minimum atomic E-state index is -5.05. The minimum Gasteiger partial charge on any atom is -0.507 e. The molecular formula is C28H24F4N2O5. The van der Waals surface area contributed by atoms with Gasteiger partial charge in [0.15, 0.2) is 0 Å². The molecule has 1 aromatic heterocycles. The molecule has 1 fully saturated rings. The van der Waals surface area contributed by atoms with E-state index in [1.165, 1.54) is 49.6 Å². The third kappa shape index (κ3) is 5.49. The molecule has 11 heteroatoms. The highest BCUT2D eigenvalue weighted by molar-refractivity contribution is 5.83. The second kappa shape index (κ2) is 10.5. The molecule has 0 amide bonds. The van der Waals surface area contributed by atoms with Crippen molar-refractivity contribution in [3.05, 3.63) is 88.0 Å². The van der Waals surface area contributed by atoms with E-state index in [1.54, 1.807) is 18.2 Å². The summed E-state index contributed by atoms with van der Waals surface area (Å²) < 4.78 is 71.3. The molecule has 5 rings (SSSR count). The fourth-order valence-corrected chi connectivity index (χ4v) is 4.54. The SMILES string of the molecule is COc1cccc(Oc2c(C(F)(F)F)oc3c(CN4CCN(c5ccc(F)cc5)CC4)c(O)ccc3c2=O)c1. The van der Waals surface area contributed by atoms with Crippen LogP contribution < -0.4 is 19.8 Å².